The third-order valence-electron chi connectivity index (χ3n) is 4.12. The zero-order valence-corrected chi connectivity index (χ0v) is 10.5. The summed E-state index contributed by atoms with van der Waals surface area (Å²) in [5.41, 5.74) is 0.115. The highest BCUT2D eigenvalue weighted by Gasteiger charge is 2.57. The van der Waals surface area contributed by atoms with Crippen molar-refractivity contribution in [1.82, 2.24) is 14.9 Å². The summed E-state index contributed by atoms with van der Waals surface area (Å²) in [6.07, 6.45) is 1.47. The van der Waals surface area contributed by atoms with Crippen LogP contribution in [-0.4, -0.2) is 58.2 Å². The third kappa shape index (κ3) is 1.65. The van der Waals surface area contributed by atoms with E-state index in [1.807, 2.05) is 0 Å². The predicted molar refractivity (Wildman–Crippen MR) is 63.6 cm³/mol. The largest absolute Gasteiger partial charge is 0.481 e. The molecule has 3 rings (SSSR count). The summed E-state index contributed by atoms with van der Waals surface area (Å²) in [6.45, 7) is 2.95. The summed E-state index contributed by atoms with van der Waals surface area (Å²) in [4.78, 5) is 32.2. The second kappa shape index (κ2) is 4.06. The van der Waals surface area contributed by atoms with Gasteiger partial charge in [0.25, 0.3) is 5.91 Å². The summed E-state index contributed by atoms with van der Waals surface area (Å²) < 4.78 is 5.28. The molecule has 2 N–H and O–H groups in total. The highest BCUT2D eigenvalue weighted by molar-refractivity contribution is 5.94. The van der Waals surface area contributed by atoms with Crippen LogP contribution < -0.4 is 0 Å². The molecule has 7 heteroatoms. The fourth-order valence-corrected chi connectivity index (χ4v) is 2.92. The van der Waals surface area contributed by atoms with Crippen LogP contribution in [0.4, 0.5) is 0 Å². The van der Waals surface area contributed by atoms with Gasteiger partial charge >= 0.3 is 5.97 Å². The van der Waals surface area contributed by atoms with Crippen molar-refractivity contribution in [3.8, 4) is 0 Å². The van der Waals surface area contributed by atoms with E-state index in [4.69, 9.17) is 4.74 Å². The zero-order valence-electron chi connectivity index (χ0n) is 10.5. The van der Waals surface area contributed by atoms with Crippen LogP contribution in [0, 0.1) is 18.3 Å². The molecule has 0 unspecified atom stereocenters. The Balaban J connectivity index is 1.85. The molecule has 2 atom stereocenters. The topological polar surface area (TPSA) is 95.5 Å². The lowest BCUT2D eigenvalue weighted by atomic mass is 9.81. The average Bonchev–Trinajstić information content (AvgIpc) is 3.00. The number of rotatable bonds is 2. The van der Waals surface area contributed by atoms with E-state index in [0.29, 0.717) is 24.5 Å². The van der Waals surface area contributed by atoms with Crippen molar-refractivity contribution in [2.24, 2.45) is 11.3 Å². The molecule has 2 fully saturated rings. The van der Waals surface area contributed by atoms with Crippen LogP contribution in [0.1, 0.15) is 16.2 Å². The fourth-order valence-electron chi connectivity index (χ4n) is 2.92. The van der Waals surface area contributed by atoms with Gasteiger partial charge in [-0.2, -0.15) is 0 Å². The Morgan fingerprint density at radius 1 is 1.63 bits per heavy atom. The standard InChI is InChI=1S/C12H15N3O4/c1-7-9(14-6-13-7)10(16)15-2-8-3-19-5-12(8,4-15)11(17)18/h6,8H,2-5H2,1H3,(H,13,14)(H,17,18)/t8-,12-/m1/s1. The van der Waals surface area contributed by atoms with E-state index in [0.717, 1.165) is 0 Å². The Bertz CT molecular complexity index is 541. The number of H-pyrrole nitrogens is 1. The number of aromatic nitrogens is 2. The quantitative estimate of drug-likeness (QED) is 0.778. The minimum absolute atomic E-state index is 0.131. The van der Waals surface area contributed by atoms with Crippen molar-refractivity contribution in [3.05, 3.63) is 17.7 Å². The van der Waals surface area contributed by atoms with E-state index in [-0.39, 0.29) is 25.0 Å². The molecule has 2 saturated heterocycles. The van der Waals surface area contributed by atoms with E-state index in [2.05, 4.69) is 9.97 Å². The van der Waals surface area contributed by atoms with Crippen molar-refractivity contribution in [2.45, 2.75) is 6.92 Å². The summed E-state index contributed by atoms with van der Waals surface area (Å²) in [6, 6.07) is 0. The normalized spacial score (nSPS) is 29.5. The number of amides is 1. The number of carboxylic acid groups (broad SMARTS) is 1. The number of aliphatic carboxylic acids is 1. The molecule has 0 saturated carbocycles. The fraction of sp³-hybridized carbons (Fsp3) is 0.583. The predicted octanol–water partition coefficient (Wildman–Crippen LogP) is -0.109. The molecule has 0 bridgehead atoms. The van der Waals surface area contributed by atoms with E-state index < -0.39 is 11.4 Å². The molecule has 2 aliphatic heterocycles. The van der Waals surface area contributed by atoms with Crippen molar-refractivity contribution in [2.75, 3.05) is 26.3 Å². The van der Waals surface area contributed by atoms with E-state index in [9.17, 15) is 14.7 Å². The molecule has 1 amide bonds. The van der Waals surface area contributed by atoms with Crippen LogP contribution in [0.25, 0.3) is 0 Å². The molecule has 2 aliphatic rings. The van der Waals surface area contributed by atoms with Crippen molar-refractivity contribution >= 4 is 11.9 Å². The molecule has 0 radical (unpaired) electrons. The maximum atomic E-state index is 12.3. The first-order valence-electron chi connectivity index (χ1n) is 6.15. The number of aromatic amines is 1. The maximum Gasteiger partial charge on any atom is 0.314 e. The maximum absolute atomic E-state index is 12.3. The van der Waals surface area contributed by atoms with Gasteiger partial charge in [-0.05, 0) is 6.92 Å². The minimum Gasteiger partial charge on any atom is -0.481 e. The number of carbonyl (C=O) groups is 2. The Kier molecular flexibility index (Phi) is 2.60. The molecular formula is C12H15N3O4. The number of hydrogen-bond donors (Lipinski definition) is 2. The van der Waals surface area contributed by atoms with Gasteiger partial charge in [0, 0.05) is 24.7 Å². The van der Waals surface area contributed by atoms with Gasteiger partial charge in [0.05, 0.1) is 19.5 Å². The van der Waals surface area contributed by atoms with Crippen LogP contribution in [-0.2, 0) is 9.53 Å². The van der Waals surface area contributed by atoms with Crippen LogP contribution in [0.3, 0.4) is 0 Å². The summed E-state index contributed by atoms with van der Waals surface area (Å²) in [5.74, 6) is -1.23. The highest BCUT2D eigenvalue weighted by Crippen LogP contribution is 2.41. The number of nitrogens with one attached hydrogen (secondary N) is 1. The summed E-state index contributed by atoms with van der Waals surface area (Å²) in [7, 11) is 0. The monoisotopic (exact) mass is 265 g/mol. The van der Waals surface area contributed by atoms with E-state index in [1.54, 1.807) is 11.8 Å². The number of aryl methyl sites for hydroxylation is 1. The Morgan fingerprint density at radius 2 is 2.42 bits per heavy atom. The SMILES string of the molecule is Cc1[nH]cnc1C(=O)N1C[C@@H]2COC[C@]2(C(=O)O)C1. The molecule has 0 aromatic carbocycles. The lowest BCUT2D eigenvalue weighted by molar-refractivity contribution is -0.149. The summed E-state index contributed by atoms with van der Waals surface area (Å²) in [5, 5.41) is 9.42. The molecule has 0 spiro atoms. The Morgan fingerprint density at radius 3 is 3.00 bits per heavy atom. The molecule has 0 aliphatic carbocycles. The number of likely N-dealkylation sites (tertiary alicyclic amines) is 1. The number of nitrogens with zero attached hydrogens (tertiary/aromatic N) is 2. The first kappa shape index (κ1) is 12.2. The lowest BCUT2D eigenvalue weighted by Gasteiger charge is -2.21. The van der Waals surface area contributed by atoms with Gasteiger partial charge in [-0.3, -0.25) is 9.59 Å². The molecule has 19 heavy (non-hydrogen) atoms. The lowest BCUT2D eigenvalue weighted by Crippen LogP contribution is -2.40. The number of carbonyl (C=O) groups excluding carboxylic acids is 1. The Labute approximate surface area is 109 Å². The number of hydrogen-bond acceptors (Lipinski definition) is 4. The van der Waals surface area contributed by atoms with Gasteiger partial charge in [-0.15, -0.1) is 0 Å². The van der Waals surface area contributed by atoms with Crippen molar-refractivity contribution in [1.29, 1.82) is 0 Å². The van der Waals surface area contributed by atoms with Gasteiger partial charge in [0.1, 0.15) is 11.1 Å². The van der Waals surface area contributed by atoms with Crippen LogP contribution >= 0.6 is 0 Å². The van der Waals surface area contributed by atoms with Gasteiger partial charge < -0.3 is 19.7 Å². The first-order valence-corrected chi connectivity index (χ1v) is 6.15. The van der Waals surface area contributed by atoms with E-state index >= 15 is 0 Å². The Hall–Kier alpha value is -1.89. The van der Waals surface area contributed by atoms with Crippen LogP contribution in [0.5, 0.6) is 0 Å². The molecule has 3 heterocycles. The second-order valence-electron chi connectivity index (χ2n) is 5.24. The van der Waals surface area contributed by atoms with E-state index in [1.165, 1.54) is 6.33 Å². The summed E-state index contributed by atoms with van der Waals surface area (Å²) >= 11 is 0. The van der Waals surface area contributed by atoms with Gasteiger partial charge in [-0.1, -0.05) is 0 Å². The number of ether oxygens (including phenoxy) is 1. The number of imidazole rings is 1. The van der Waals surface area contributed by atoms with Crippen LogP contribution in [0.2, 0.25) is 0 Å². The van der Waals surface area contributed by atoms with Gasteiger partial charge in [0.2, 0.25) is 0 Å². The smallest absolute Gasteiger partial charge is 0.314 e. The number of carboxylic acids is 1. The highest BCUT2D eigenvalue weighted by atomic mass is 16.5. The zero-order chi connectivity index (χ0) is 13.6. The molecule has 7 nitrogen and oxygen atoms in total. The van der Waals surface area contributed by atoms with Crippen molar-refractivity contribution < 1.29 is 19.4 Å². The molecule has 1 aromatic heterocycles. The third-order valence-corrected chi connectivity index (χ3v) is 4.12. The van der Waals surface area contributed by atoms with Crippen LogP contribution in [0.15, 0.2) is 6.33 Å². The molecular weight excluding hydrogens is 250 g/mol. The first-order chi connectivity index (χ1) is 9.04. The minimum atomic E-state index is -0.945. The second-order valence-corrected chi connectivity index (χ2v) is 5.24. The van der Waals surface area contributed by atoms with Crippen molar-refractivity contribution in [3.63, 3.8) is 0 Å². The average molecular weight is 265 g/mol. The van der Waals surface area contributed by atoms with Gasteiger partial charge in [-0.25, -0.2) is 4.98 Å². The molecule has 102 valence electrons. The molecule has 1 aromatic rings. The van der Waals surface area contributed by atoms with Gasteiger partial charge in [0.15, 0.2) is 0 Å². The number of fused-ring (bicyclic) bond motifs is 1.